The maximum atomic E-state index is 2.41. The van der Waals surface area contributed by atoms with E-state index in [1.165, 1.54) is 0 Å². The van der Waals surface area contributed by atoms with E-state index in [2.05, 4.69) is 51.6 Å². The van der Waals surface area contributed by atoms with Gasteiger partial charge in [0.25, 0.3) is 0 Å². The van der Waals surface area contributed by atoms with Crippen molar-refractivity contribution in [2.24, 2.45) is 0 Å². The first kappa shape index (κ1) is 11.9. The van der Waals surface area contributed by atoms with E-state index in [0.717, 1.165) is 13.1 Å². The lowest BCUT2D eigenvalue weighted by atomic mass is 10.2. The third kappa shape index (κ3) is 4.07. The fraction of sp³-hybridized carbons (Fsp3) is 1.00. The summed E-state index contributed by atoms with van der Waals surface area (Å²) in [5, 5.41) is 0. The summed E-state index contributed by atoms with van der Waals surface area (Å²) in [7, 11) is 4.36. The Bertz CT molecular complexity index is 112. The first-order chi connectivity index (χ1) is 5.49. The van der Waals surface area contributed by atoms with Crippen molar-refractivity contribution in [3.05, 3.63) is 0 Å². The molecule has 0 amide bonds. The number of likely N-dealkylation sites (N-methyl/N-ethyl adjacent to an activating group) is 2. The van der Waals surface area contributed by atoms with E-state index < -0.39 is 0 Å². The lowest BCUT2D eigenvalue weighted by Gasteiger charge is -2.31. The summed E-state index contributed by atoms with van der Waals surface area (Å²) < 4.78 is 0. The second-order valence-electron chi connectivity index (χ2n) is 3.96. The second kappa shape index (κ2) is 5.55. The smallest absolute Gasteiger partial charge is 0.0194 e. The van der Waals surface area contributed by atoms with E-state index >= 15 is 0 Å². The van der Waals surface area contributed by atoms with Crippen LogP contribution in [0.3, 0.4) is 0 Å². The molecule has 0 heterocycles. The van der Waals surface area contributed by atoms with Crippen molar-refractivity contribution in [3.8, 4) is 0 Å². The first-order valence-electron chi connectivity index (χ1n) is 4.89. The van der Waals surface area contributed by atoms with Gasteiger partial charge in [0.15, 0.2) is 0 Å². The van der Waals surface area contributed by atoms with Gasteiger partial charge in [-0.2, -0.15) is 0 Å². The molecule has 74 valence electrons. The van der Waals surface area contributed by atoms with E-state index in [9.17, 15) is 0 Å². The second-order valence-corrected chi connectivity index (χ2v) is 3.96. The highest BCUT2D eigenvalue weighted by Crippen LogP contribution is 2.02. The molecule has 0 aromatic rings. The van der Waals surface area contributed by atoms with E-state index in [0.29, 0.717) is 12.1 Å². The van der Waals surface area contributed by atoms with Crippen LogP contribution in [0.15, 0.2) is 0 Å². The van der Waals surface area contributed by atoms with Crippen LogP contribution in [0.2, 0.25) is 0 Å². The summed E-state index contributed by atoms with van der Waals surface area (Å²) >= 11 is 0. The van der Waals surface area contributed by atoms with Gasteiger partial charge in [-0.25, -0.2) is 0 Å². The average Bonchev–Trinajstić information content (AvgIpc) is 2.02. The van der Waals surface area contributed by atoms with E-state index in [-0.39, 0.29) is 0 Å². The molecule has 0 N–H and O–H groups in total. The average molecular weight is 172 g/mol. The van der Waals surface area contributed by atoms with Gasteiger partial charge in [0.2, 0.25) is 0 Å². The predicted octanol–water partition coefficient (Wildman–Crippen LogP) is 1.67. The van der Waals surface area contributed by atoms with Crippen LogP contribution < -0.4 is 0 Å². The monoisotopic (exact) mass is 172 g/mol. The summed E-state index contributed by atoms with van der Waals surface area (Å²) in [5.74, 6) is 0. The highest BCUT2D eigenvalue weighted by atomic mass is 15.2. The van der Waals surface area contributed by atoms with Gasteiger partial charge < -0.3 is 9.80 Å². The molecule has 2 nitrogen and oxygen atoms in total. The number of rotatable bonds is 5. The third-order valence-corrected chi connectivity index (χ3v) is 2.63. The summed E-state index contributed by atoms with van der Waals surface area (Å²) in [4.78, 5) is 4.76. The van der Waals surface area contributed by atoms with Crippen molar-refractivity contribution in [1.29, 1.82) is 0 Å². The molecule has 0 spiro atoms. The van der Waals surface area contributed by atoms with Gasteiger partial charge >= 0.3 is 0 Å². The Balaban J connectivity index is 3.78. The Morgan fingerprint density at radius 2 is 1.58 bits per heavy atom. The van der Waals surface area contributed by atoms with Gasteiger partial charge in [0.05, 0.1) is 0 Å². The van der Waals surface area contributed by atoms with Gasteiger partial charge in [-0.3, -0.25) is 0 Å². The van der Waals surface area contributed by atoms with Gasteiger partial charge in [-0.05, 0) is 41.4 Å². The van der Waals surface area contributed by atoms with Gasteiger partial charge in [0.1, 0.15) is 0 Å². The van der Waals surface area contributed by atoms with Crippen LogP contribution in [0.4, 0.5) is 0 Å². The molecule has 0 rings (SSSR count). The number of nitrogens with zero attached hydrogens (tertiary/aromatic N) is 2. The number of hydrogen-bond donors (Lipinski definition) is 0. The van der Waals surface area contributed by atoms with Crippen LogP contribution in [0.1, 0.15) is 27.7 Å². The Hall–Kier alpha value is -0.0800. The lowest BCUT2D eigenvalue weighted by Crippen LogP contribution is -2.42. The Morgan fingerprint density at radius 1 is 1.08 bits per heavy atom. The van der Waals surface area contributed by atoms with Crippen molar-refractivity contribution in [3.63, 3.8) is 0 Å². The normalized spacial score (nSPS) is 14.8. The van der Waals surface area contributed by atoms with Gasteiger partial charge in [0, 0.05) is 18.6 Å². The number of hydrogen-bond acceptors (Lipinski definition) is 2. The quantitative estimate of drug-likeness (QED) is 0.622. The zero-order valence-corrected chi connectivity index (χ0v) is 9.46. The standard InChI is InChI=1S/C10H24N2/c1-7-11(5)8-10(4)12(6)9(2)3/h9-10H,7-8H2,1-6H3. The maximum Gasteiger partial charge on any atom is 0.0194 e. The van der Waals surface area contributed by atoms with E-state index in [1.807, 2.05) is 0 Å². The fourth-order valence-corrected chi connectivity index (χ4v) is 1.22. The molecular formula is C10H24N2. The van der Waals surface area contributed by atoms with Crippen LogP contribution in [-0.4, -0.2) is 49.1 Å². The molecule has 0 aliphatic rings. The summed E-state index contributed by atoms with van der Waals surface area (Å²) in [6, 6.07) is 1.29. The van der Waals surface area contributed by atoms with Crippen LogP contribution in [0, 0.1) is 0 Å². The van der Waals surface area contributed by atoms with Crippen molar-refractivity contribution in [2.75, 3.05) is 27.2 Å². The largest absolute Gasteiger partial charge is 0.305 e. The molecule has 1 unspecified atom stereocenters. The van der Waals surface area contributed by atoms with Gasteiger partial charge in [-0.1, -0.05) is 6.92 Å². The van der Waals surface area contributed by atoms with Crippen molar-refractivity contribution < 1.29 is 0 Å². The van der Waals surface area contributed by atoms with Crippen LogP contribution in [0.25, 0.3) is 0 Å². The Kier molecular flexibility index (Phi) is 5.51. The molecule has 0 aliphatic carbocycles. The molecular weight excluding hydrogens is 148 g/mol. The fourth-order valence-electron chi connectivity index (χ4n) is 1.22. The molecule has 0 fully saturated rings. The van der Waals surface area contributed by atoms with Crippen molar-refractivity contribution >= 4 is 0 Å². The minimum Gasteiger partial charge on any atom is -0.305 e. The van der Waals surface area contributed by atoms with Crippen molar-refractivity contribution in [1.82, 2.24) is 9.80 Å². The molecule has 0 saturated heterocycles. The Labute approximate surface area is 77.5 Å². The SMILES string of the molecule is CCN(C)CC(C)N(C)C(C)C. The lowest BCUT2D eigenvalue weighted by molar-refractivity contribution is 0.164. The van der Waals surface area contributed by atoms with E-state index in [4.69, 9.17) is 0 Å². The Morgan fingerprint density at radius 3 is 1.92 bits per heavy atom. The maximum absolute atomic E-state index is 2.41. The van der Waals surface area contributed by atoms with Crippen molar-refractivity contribution in [2.45, 2.75) is 39.8 Å². The van der Waals surface area contributed by atoms with E-state index in [1.54, 1.807) is 0 Å². The predicted molar refractivity (Wildman–Crippen MR) is 55.5 cm³/mol. The third-order valence-electron chi connectivity index (χ3n) is 2.63. The summed E-state index contributed by atoms with van der Waals surface area (Å²) in [6.45, 7) is 11.3. The molecule has 12 heavy (non-hydrogen) atoms. The van der Waals surface area contributed by atoms with Crippen LogP contribution in [0.5, 0.6) is 0 Å². The zero-order chi connectivity index (χ0) is 9.72. The molecule has 0 saturated carbocycles. The highest BCUT2D eigenvalue weighted by molar-refractivity contribution is 4.69. The van der Waals surface area contributed by atoms with Crippen LogP contribution >= 0.6 is 0 Å². The molecule has 0 bridgehead atoms. The van der Waals surface area contributed by atoms with Crippen LogP contribution in [-0.2, 0) is 0 Å². The highest BCUT2D eigenvalue weighted by Gasteiger charge is 2.12. The zero-order valence-electron chi connectivity index (χ0n) is 9.46. The molecule has 0 aromatic heterocycles. The summed E-state index contributed by atoms with van der Waals surface area (Å²) in [6.07, 6.45) is 0. The topological polar surface area (TPSA) is 6.48 Å². The molecule has 0 aromatic carbocycles. The molecule has 0 aliphatic heterocycles. The minimum absolute atomic E-state index is 0.644. The first-order valence-corrected chi connectivity index (χ1v) is 4.89. The molecule has 1 atom stereocenters. The van der Waals surface area contributed by atoms with Gasteiger partial charge in [-0.15, -0.1) is 0 Å². The summed E-state index contributed by atoms with van der Waals surface area (Å²) in [5.41, 5.74) is 0. The molecule has 0 radical (unpaired) electrons. The molecule has 2 heteroatoms. The minimum atomic E-state index is 0.644.